The molecule has 3 aromatic heterocycles. The molecule has 0 aliphatic carbocycles. The summed E-state index contributed by atoms with van der Waals surface area (Å²) >= 11 is 0. The first-order chi connectivity index (χ1) is 17.8. The van der Waals surface area contributed by atoms with Crippen molar-refractivity contribution in [2.45, 2.75) is 38.1 Å². The molecule has 37 heavy (non-hydrogen) atoms. The van der Waals surface area contributed by atoms with Crippen molar-refractivity contribution in [3.05, 3.63) is 89.9 Å². The van der Waals surface area contributed by atoms with Gasteiger partial charge < -0.3 is 10.1 Å². The monoisotopic (exact) mass is 517 g/mol. The highest BCUT2D eigenvalue weighted by molar-refractivity contribution is 7.90. The van der Waals surface area contributed by atoms with Crippen LogP contribution in [-0.2, 0) is 23.0 Å². The van der Waals surface area contributed by atoms with Gasteiger partial charge in [-0.05, 0) is 29.2 Å². The molecular formula is C26H27N7O3S. The van der Waals surface area contributed by atoms with E-state index in [9.17, 15) is 8.42 Å². The fourth-order valence-corrected chi connectivity index (χ4v) is 4.39. The van der Waals surface area contributed by atoms with Crippen molar-refractivity contribution in [3.8, 4) is 11.4 Å². The Kier molecular flexibility index (Phi) is 6.62. The van der Waals surface area contributed by atoms with Gasteiger partial charge in [0.2, 0.25) is 15.8 Å². The molecule has 0 amide bonds. The number of fused-ring (bicyclic) bond motifs is 1. The van der Waals surface area contributed by atoms with Crippen molar-refractivity contribution < 1.29 is 13.2 Å². The van der Waals surface area contributed by atoms with Gasteiger partial charge in [-0.2, -0.15) is 24.7 Å². The van der Waals surface area contributed by atoms with Crippen molar-refractivity contribution in [1.29, 1.82) is 0 Å². The molecule has 190 valence electrons. The lowest BCUT2D eigenvalue weighted by Gasteiger charge is -2.15. The van der Waals surface area contributed by atoms with Crippen LogP contribution in [0.15, 0.2) is 78.3 Å². The van der Waals surface area contributed by atoms with E-state index in [4.69, 9.17) is 4.74 Å². The van der Waals surface area contributed by atoms with E-state index in [1.807, 2.05) is 74.6 Å². The van der Waals surface area contributed by atoms with Crippen LogP contribution in [0.25, 0.3) is 11.3 Å². The molecular weight excluding hydrogens is 490 g/mol. The van der Waals surface area contributed by atoms with Gasteiger partial charge in [0, 0.05) is 36.8 Å². The minimum Gasteiger partial charge on any atom is -0.489 e. The van der Waals surface area contributed by atoms with E-state index >= 15 is 0 Å². The van der Waals surface area contributed by atoms with Gasteiger partial charge in [0.05, 0.1) is 11.9 Å². The first kappa shape index (κ1) is 24.4. The van der Waals surface area contributed by atoms with Gasteiger partial charge in [0.15, 0.2) is 5.65 Å². The standard InChI is InChI=1S/C26H27N7O3S/c1-18(2)22-16-29-33-24(22)30-26(37(3,34)35)31-25(33)27-15-20-10-11-21(14-23(20)32-13-7-12-28-32)36-17-19-8-5-4-6-9-19/h4-14,16,18H,15,17H2,1-3H3,(H,27,30,31). The Hall–Kier alpha value is -4.25. The van der Waals surface area contributed by atoms with Crippen molar-refractivity contribution in [2.75, 3.05) is 11.6 Å². The van der Waals surface area contributed by atoms with Gasteiger partial charge in [-0.15, -0.1) is 0 Å². The minimum atomic E-state index is -3.63. The number of nitrogens with zero attached hydrogens (tertiary/aromatic N) is 6. The number of hydrogen-bond acceptors (Lipinski definition) is 8. The molecule has 0 unspecified atom stereocenters. The molecule has 0 atom stereocenters. The number of rotatable bonds is 9. The van der Waals surface area contributed by atoms with Crippen LogP contribution in [0.3, 0.4) is 0 Å². The smallest absolute Gasteiger partial charge is 0.252 e. The third-order valence-corrected chi connectivity index (χ3v) is 6.67. The molecule has 5 aromatic rings. The fourth-order valence-electron chi connectivity index (χ4n) is 3.89. The summed E-state index contributed by atoms with van der Waals surface area (Å²) in [5.41, 5.74) is 4.10. The van der Waals surface area contributed by atoms with Gasteiger partial charge in [0.1, 0.15) is 12.4 Å². The lowest BCUT2D eigenvalue weighted by Crippen LogP contribution is -2.14. The Morgan fingerprint density at radius 3 is 2.54 bits per heavy atom. The summed E-state index contributed by atoms with van der Waals surface area (Å²) < 4.78 is 33.9. The van der Waals surface area contributed by atoms with E-state index < -0.39 is 9.84 Å². The molecule has 0 radical (unpaired) electrons. The molecule has 11 heteroatoms. The van der Waals surface area contributed by atoms with Crippen molar-refractivity contribution in [3.63, 3.8) is 0 Å². The van der Waals surface area contributed by atoms with Crippen LogP contribution in [0.4, 0.5) is 5.95 Å². The largest absolute Gasteiger partial charge is 0.489 e. The molecule has 10 nitrogen and oxygen atoms in total. The highest BCUT2D eigenvalue weighted by Gasteiger charge is 2.20. The molecule has 0 saturated carbocycles. The van der Waals surface area contributed by atoms with E-state index in [1.54, 1.807) is 17.1 Å². The Morgan fingerprint density at radius 2 is 1.84 bits per heavy atom. The van der Waals surface area contributed by atoms with Crippen LogP contribution in [0.1, 0.15) is 36.5 Å². The van der Waals surface area contributed by atoms with Crippen molar-refractivity contribution >= 4 is 21.4 Å². The van der Waals surface area contributed by atoms with Crippen LogP contribution in [0.5, 0.6) is 5.75 Å². The highest BCUT2D eigenvalue weighted by Crippen LogP contribution is 2.25. The minimum absolute atomic E-state index is 0.113. The zero-order valence-electron chi connectivity index (χ0n) is 20.7. The Labute approximate surface area is 214 Å². The summed E-state index contributed by atoms with van der Waals surface area (Å²) in [4.78, 5) is 8.57. The Bertz CT molecular complexity index is 1630. The second-order valence-electron chi connectivity index (χ2n) is 8.96. The molecule has 3 heterocycles. The van der Waals surface area contributed by atoms with Crippen LogP contribution >= 0.6 is 0 Å². The Morgan fingerprint density at radius 1 is 1.03 bits per heavy atom. The van der Waals surface area contributed by atoms with E-state index in [0.29, 0.717) is 24.5 Å². The zero-order valence-corrected chi connectivity index (χ0v) is 21.6. The predicted molar refractivity (Wildman–Crippen MR) is 140 cm³/mol. The van der Waals surface area contributed by atoms with Gasteiger partial charge in [-0.3, -0.25) is 0 Å². The third-order valence-electron chi connectivity index (χ3n) is 5.82. The second kappa shape index (κ2) is 10.0. The molecule has 0 saturated heterocycles. The van der Waals surface area contributed by atoms with Gasteiger partial charge >= 0.3 is 0 Å². The Balaban J connectivity index is 1.47. The van der Waals surface area contributed by atoms with Crippen LogP contribution < -0.4 is 10.1 Å². The lowest BCUT2D eigenvalue weighted by atomic mass is 10.1. The zero-order chi connectivity index (χ0) is 26.0. The van der Waals surface area contributed by atoms with Crippen LogP contribution in [-0.4, -0.2) is 44.0 Å². The summed E-state index contributed by atoms with van der Waals surface area (Å²) in [6, 6.07) is 17.6. The molecule has 2 aromatic carbocycles. The summed E-state index contributed by atoms with van der Waals surface area (Å²) in [6.07, 6.45) is 6.35. The van der Waals surface area contributed by atoms with Gasteiger partial charge in [0.25, 0.3) is 5.16 Å². The number of hydrogen-bond donors (Lipinski definition) is 1. The normalized spacial score (nSPS) is 11.8. The molecule has 0 spiro atoms. The van der Waals surface area contributed by atoms with Gasteiger partial charge in [-0.25, -0.2) is 13.1 Å². The van der Waals surface area contributed by atoms with Crippen LogP contribution in [0.2, 0.25) is 0 Å². The number of nitrogens with one attached hydrogen (secondary N) is 1. The summed E-state index contributed by atoms with van der Waals surface area (Å²) in [5, 5.41) is 11.8. The number of sulfone groups is 1. The molecule has 1 N–H and O–H groups in total. The van der Waals surface area contributed by atoms with Crippen molar-refractivity contribution in [1.82, 2.24) is 29.4 Å². The average molecular weight is 518 g/mol. The molecule has 5 rings (SSSR count). The maximum absolute atomic E-state index is 12.3. The number of ether oxygens (including phenoxy) is 1. The summed E-state index contributed by atoms with van der Waals surface area (Å²) in [6.45, 7) is 4.79. The number of benzene rings is 2. The SMILES string of the molecule is CC(C)c1cnn2c(NCc3ccc(OCc4ccccc4)cc3-n3cccn3)nc(S(C)(=O)=O)nc12. The first-order valence-electron chi connectivity index (χ1n) is 11.8. The van der Waals surface area contributed by atoms with Gasteiger partial charge in [-0.1, -0.05) is 50.2 Å². The predicted octanol–water partition coefficient (Wildman–Crippen LogP) is 4.03. The fraction of sp³-hybridized carbons (Fsp3) is 0.231. The average Bonchev–Trinajstić information content (AvgIpc) is 3.57. The van der Waals surface area contributed by atoms with Crippen molar-refractivity contribution in [2.24, 2.45) is 0 Å². The molecule has 0 aliphatic rings. The number of aromatic nitrogens is 6. The second-order valence-corrected chi connectivity index (χ2v) is 10.9. The maximum atomic E-state index is 12.3. The maximum Gasteiger partial charge on any atom is 0.252 e. The lowest BCUT2D eigenvalue weighted by molar-refractivity contribution is 0.306. The first-order valence-corrected chi connectivity index (χ1v) is 13.7. The van der Waals surface area contributed by atoms with E-state index in [1.165, 1.54) is 4.52 Å². The topological polar surface area (TPSA) is 116 Å². The number of anilines is 1. The van der Waals surface area contributed by atoms with E-state index in [-0.39, 0.29) is 17.0 Å². The van der Waals surface area contributed by atoms with E-state index in [2.05, 4.69) is 25.5 Å². The summed E-state index contributed by atoms with van der Waals surface area (Å²) in [7, 11) is -3.63. The molecule has 0 bridgehead atoms. The summed E-state index contributed by atoms with van der Waals surface area (Å²) in [5.74, 6) is 1.10. The quantitative estimate of drug-likeness (QED) is 0.312. The molecule has 0 aliphatic heterocycles. The van der Waals surface area contributed by atoms with E-state index in [0.717, 1.165) is 28.6 Å². The highest BCUT2D eigenvalue weighted by atomic mass is 32.2. The van der Waals surface area contributed by atoms with Crippen LogP contribution in [0, 0.1) is 0 Å². The third kappa shape index (κ3) is 5.31. The molecule has 0 fully saturated rings.